The fraction of sp³-hybridized carbons (Fsp3) is 0.0714. The Morgan fingerprint density at radius 3 is 3.14 bits per heavy atom. The summed E-state index contributed by atoms with van der Waals surface area (Å²) < 4.78 is 4.21. The van der Waals surface area contributed by atoms with Crippen LogP contribution in [0.3, 0.4) is 0 Å². The second-order valence-electron chi connectivity index (χ2n) is 4.17. The first-order valence-electron chi connectivity index (χ1n) is 6.12. The molecule has 2 aromatic heterocycles. The quantitative estimate of drug-likeness (QED) is 0.438. The van der Waals surface area contributed by atoms with Crippen LogP contribution in [0.5, 0.6) is 0 Å². The lowest BCUT2D eigenvalue weighted by atomic mass is 10.2. The number of para-hydroxylation sites is 1. The van der Waals surface area contributed by atoms with Gasteiger partial charge >= 0.3 is 0 Å². The summed E-state index contributed by atoms with van der Waals surface area (Å²) in [5.41, 5.74) is 5.50. The molecular weight excluding hydrogens is 302 g/mol. The van der Waals surface area contributed by atoms with Gasteiger partial charge in [0.1, 0.15) is 21.7 Å². The monoisotopic (exact) mass is 313 g/mol. The molecule has 0 aliphatic carbocycles. The van der Waals surface area contributed by atoms with Crippen molar-refractivity contribution in [3.63, 3.8) is 0 Å². The molecule has 0 unspecified atom stereocenters. The van der Waals surface area contributed by atoms with Gasteiger partial charge in [0.05, 0.1) is 6.21 Å². The lowest BCUT2D eigenvalue weighted by Crippen LogP contribution is -1.90. The molecule has 3 rings (SSSR count). The first-order valence-corrected chi connectivity index (χ1v) is 8.12. The van der Waals surface area contributed by atoms with Crippen LogP contribution in [0, 0.1) is 11.3 Å². The van der Waals surface area contributed by atoms with Crippen molar-refractivity contribution < 1.29 is 0 Å². The second kappa shape index (κ2) is 5.99. The van der Waals surface area contributed by atoms with Gasteiger partial charge in [0.15, 0.2) is 0 Å². The van der Waals surface area contributed by atoms with Crippen LogP contribution in [0.4, 0.5) is 5.00 Å². The maximum absolute atomic E-state index is 9.15. The zero-order valence-electron chi connectivity index (χ0n) is 11.1. The molecule has 0 radical (unpaired) electrons. The predicted octanol–water partition coefficient (Wildman–Crippen LogP) is 3.66. The minimum atomic E-state index is 0.545. The van der Waals surface area contributed by atoms with E-state index in [9.17, 15) is 0 Å². The summed E-state index contributed by atoms with van der Waals surface area (Å²) in [6.07, 6.45) is 5.54. The largest absolute Gasteiger partial charge is 0.361 e. The van der Waals surface area contributed by atoms with Crippen LogP contribution in [-0.4, -0.2) is 21.8 Å². The maximum atomic E-state index is 9.15. The van der Waals surface area contributed by atoms with Crippen LogP contribution in [0.1, 0.15) is 11.1 Å². The number of benzene rings is 1. The molecule has 0 saturated heterocycles. The molecule has 1 aromatic carbocycles. The molecule has 0 atom stereocenters. The van der Waals surface area contributed by atoms with Crippen molar-refractivity contribution in [2.24, 2.45) is 5.10 Å². The Morgan fingerprint density at radius 2 is 2.33 bits per heavy atom. The Labute approximate surface area is 129 Å². The Hall–Kier alpha value is -2.30. The molecule has 2 N–H and O–H groups in total. The van der Waals surface area contributed by atoms with Crippen molar-refractivity contribution in [2.75, 3.05) is 11.7 Å². The van der Waals surface area contributed by atoms with Gasteiger partial charge in [-0.2, -0.15) is 14.7 Å². The third kappa shape index (κ3) is 2.63. The topological polar surface area (TPSA) is 76.9 Å². The molecule has 5 nitrogen and oxygen atoms in total. The highest BCUT2D eigenvalue weighted by Crippen LogP contribution is 2.29. The van der Waals surface area contributed by atoms with Crippen molar-refractivity contribution in [1.82, 2.24) is 9.36 Å². The van der Waals surface area contributed by atoms with E-state index in [1.165, 1.54) is 23.3 Å². The van der Waals surface area contributed by atoms with Crippen LogP contribution in [0.2, 0.25) is 0 Å². The Balaban J connectivity index is 1.82. The summed E-state index contributed by atoms with van der Waals surface area (Å²) in [4.78, 5) is 3.19. The van der Waals surface area contributed by atoms with Crippen LogP contribution < -0.4 is 5.43 Å². The first-order chi connectivity index (χ1) is 10.3. The molecule has 0 saturated carbocycles. The van der Waals surface area contributed by atoms with Crippen molar-refractivity contribution in [2.45, 2.75) is 5.03 Å². The van der Waals surface area contributed by atoms with E-state index in [-0.39, 0.29) is 0 Å². The number of aromatic nitrogens is 2. The van der Waals surface area contributed by atoms with Crippen molar-refractivity contribution >= 4 is 45.4 Å². The van der Waals surface area contributed by atoms with Crippen LogP contribution in [0.15, 0.2) is 40.6 Å². The molecule has 0 spiro atoms. The number of rotatable bonds is 4. The lowest BCUT2D eigenvalue weighted by molar-refractivity contribution is 1.25. The van der Waals surface area contributed by atoms with Gasteiger partial charge in [0, 0.05) is 22.7 Å². The summed E-state index contributed by atoms with van der Waals surface area (Å²) in [7, 11) is 0. The maximum Gasteiger partial charge on any atom is 0.148 e. The second-order valence-corrected chi connectivity index (χ2v) is 5.74. The van der Waals surface area contributed by atoms with Gasteiger partial charge in [-0.15, -0.1) is 11.8 Å². The third-order valence-corrected chi connectivity index (χ3v) is 4.51. The van der Waals surface area contributed by atoms with Crippen molar-refractivity contribution in [1.29, 1.82) is 5.26 Å². The number of nitriles is 1. The summed E-state index contributed by atoms with van der Waals surface area (Å²) in [6.45, 7) is 0. The summed E-state index contributed by atoms with van der Waals surface area (Å²) in [5, 5.41) is 15.9. The van der Waals surface area contributed by atoms with E-state index in [1.54, 1.807) is 6.21 Å². The predicted molar refractivity (Wildman–Crippen MR) is 88.1 cm³/mol. The number of hydrogen-bond donors (Lipinski definition) is 2. The van der Waals surface area contributed by atoms with E-state index < -0.39 is 0 Å². The number of fused-ring (bicyclic) bond motifs is 1. The average molecular weight is 313 g/mol. The minimum absolute atomic E-state index is 0.545. The highest BCUT2D eigenvalue weighted by Gasteiger charge is 2.11. The number of thioether (sulfide) groups is 1. The Morgan fingerprint density at radius 1 is 1.48 bits per heavy atom. The number of aromatic amines is 1. The highest BCUT2D eigenvalue weighted by molar-refractivity contribution is 7.98. The van der Waals surface area contributed by atoms with Gasteiger partial charge in [0.25, 0.3) is 0 Å². The van der Waals surface area contributed by atoms with Gasteiger partial charge in [0.2, 0.25) is 0 Å². The van der Waals surface area contributed by atoms with E-state index >= 15 is 0 Å². The molecule has 3 aromatic rings. The van der Waals surface area contributed by atoms with Crippen molar-refractivity contribution in [3.8, 4) is 6.07 Å². The molecule has 0 aliphatic rings. The molecule has 7 heteroatoms. The van der Waals surface area contributed by atoms with E-state index in [1.807, 2.05) is 36.7 Å². The number of H-pyrrole nitrogens is 1. The fourth-order valence-electron chi connectivity index (χ4n) is 1.95. The Bertz CT molecular complexity index is 841. The SMILES string of the molecule is CSc1nsc(N/N=C/c2c[nH]c3ccccc23)c1C#N. The van der Waals surface area contributed by atoms with Gasteiger partial charge in [-0.3, -0.25) is 5.43 Å². The first kappa shape index (κ1) is 13.7. The molecule has 0 aliphatic heterocycles. The van der Waals surface area contributed by atoms with E-state index in [0.29, 0.717) is 10.6 Å². The number of hydrazone groups is 1. The van der Waals surface area contributed by atoms with Crippen LogP contribution >= 0.6 is 23.3 Å². The summed E-state index contributed by atoms with van der Waals surface area (Å²) in [5.74, 6) is 0. The molecular formula is C14H11N5S2. The molecule has 0 bridgehead atoms. The van der Waals surface area contributed by atoms with Crippen molar-refractivity contribution in [3.05, 3.63) is 41.6 Å². The van der Waals surface area contributed by atoms with Gasteiger partial charge in [-0.05, 0) is 23.9 Å². The molecule has 0 amide bonds. The number of hydrogen-bond acceptors (Lipinski definition) is 6. The standard InChI is InChI=1S/C14H11N5S2/c1-20-14-11(6-15)13(21-19-14)18-17-8-9-7-16-12-5-3-2-4-10(9)12/h2-5,7-8,16,18H,1H3/b17-8+. The van der Waals surface area contributed by atoms with Gasteiger partial charge < -0.3 is 4.98 Å². The van der Waals surface area contributed by atoms with E-state index in [4.69, 9.17) is 5.26 Å². The Kier molecular flexibility index (Phi) is 3.90. The lowest BCUT2D eigenvalue weighted by Gasteiger charge is -1.95. The summed E-state index contributed by atoms with van der Waals surface area (Å²) >= 11 is 2.69. The molecule has 104 valence electrons. The van der Waals surface area contributed by atoms with E-state index in [0.717, 1.165) is 21.5 Å². The highest BCUT2D eigenvalue weighted by atomic mass is 32.2. The van der Waals surface area contributed by atoms with Gasteiger partial charge in [-0.1, -0.05) is 18.2 Å². The summed E-state index contributed by atoms with van der Waals surface area (Å²) in [6, 6.07) is 10.2. The number of nitrogens with one attached hydrogen (secondary N) is 2. The molecule has 21 heavy (non-hydrogen) atoms. The normalized spacial score (nSPS) is 11.0. The van der Waals surface area contributed by atoms with Crippen LogP contribution in [0.25, 0.3) is 10.9 Å². The number of anilines is 1. The minimum Gasteiger partial charge on any atom is -0.361 e. The fourth-order valence-corrected chi connectivity index (χ4v) is 3.37. The van der Waals surface area contributed by atoms with Gasteiger partial charge in [-0.25, -0.2) is 0 Å². The zero-order valence-corrected chi connectivity index (χ0v) is 12.8. The third-order valence-electron chi connectivity index (χ3n) is 2.96. The number of nitrogens with zero attached hydrogens (tertiary/aromatic N) is 3. The molecule has 0 fully saturated rings. The average Bonchev–Trinajstić information content (AvgIpc) is 3.11. The molecule has 2 heterocycles. The smallest absolute Gasteiger partial charge is 0.148 e. The van der Waals surface area contributed by atoms with Crippen LogP contribution in [-0.2, 0) is 0 Å². The van der Waals surface area contributed by atoms with E-state index in [2.05, 4.69) is 26.0 Å². The zero-order chi connectivity index (χ0) is 14.7.